The van der Waals surface area contributed by atoms with E-state index in [0.29, 0.717) is 19.4 Å². The lowest BCUT2D eigenvalue weighted by molar-refractivity contribution is -0.132. The second kappa shape index (κ2) is 8.42. The number of sulfonamides is 1. The first-order chi connectivity index (χ1) is 13.6. The Labute approximate surface area is 175 Å². The number of aryl methyl sites for hydroxylation is 1. The van der Waals surface area contributed by atoms with Crippen LogP contribution in [-0.2, 0) is 21.4 Å². The zero-order valence-electron chi connectivity index (χ0n) is 16.4. The van der Waals surface area contributed by atoms with E-state index in [1.807, 2.05) is 38.1 Å². The SMILES string of the molecule is Cc1ccccc1CNC(=O)C1(C)CCN(S(=O)(=O)c2ccc(F)c(Cl)c2)CC1. The number of nitrogens with zero attached hydrogens (tertiary/aromatic N) is 1. The summed E-state index contributed by atoms with van der Waals surface area (Å²) in [5, 5.41) is 2.75. The maximum absolute atomic E-state index is 13.4. The molecule has 0 aliphatic carbocycles. The molecule has 3 rings (SSSR count). The summed E-state index contributed by atoms with van der Waals surface area (Å²) in [5.74, 6) is -0.746. The highest BCUT2D eigenvalue weighted by Gasteiger charge is 2.40. The van der Waals surface area contributed by atoms with Crippen molar-refractivity contribution in [2.75, 3.05) is 13.1 Å². The number of halogens is 2. The lowest BCUT2D eigenvalue weighted by Crippen LogP contribution is -2.48. The Morgan fingerprint density at radius 3 is 2.48 bits per heavy atom. The average Bonchev–Trinajstić information content (AvgIpc) is 2.69. The van der Waals surface area contributed by atoms with Gasteiger partial charge in [0.05, 0.1) is 9.92 Å². The van der Waals surface area contributed by atoms with Gasteiger partial charge in [-0.1, -0.05) is 42.8 Å². The molecule has 0 aromatic heterocycles. The second-order valence-electron chi connectivity index (χ2n) is 7.65. The van der Waals surface area contributed by atoms with Crippen LogP contribution >= 0.6 is 11.6 Å². The minimum atomic E-state index is -3.79. The fraction of sp³-hybridized carbons (Fsp3) is 0.381. The van der Waals surface area contributed by atoms with Crippen molar-refractivity contribution in [1.29, 1.82) is 0 Å². The molecule has 1 aliphatic rings. The number of carbonyl (C=O) groups excluding carboxylic acids is 1. The number of rotatable bonds is 5. The van der Waals surface area contributed by atoms with E-state index in [9.17, 15) is 17.6 Å². The number of benzene rings is 2. The summed E-state index contributed by atoms with van der Waals surface area (Å²) >= 11 is 5.73. The van der Waals surface area contributed by atoms with Gasteiger partial charge in [0, 0.05) is 25.0 Å². The molecule has 1 fully saturated rings. The summed E-state index contributed by atoms with van der Waals surface area (Å²) in [5.41, 5.74) is 1.52. The van der Waals surface area contributed by atoms with Crippen LogP contribution < -0.4 is 5.32 Å². The summed E-state index contributed by atoms with van der Waals surface area (Å²) < 4.78 is 40.3. The Bertz CT molecular complexity index is 1020. The molecule has 1 heterocycles. The molecule has 1 aliphatic heterocycles. The van der Waals surface area contributed by atoms with Crippen LogP contribution in [0.4, 0.5) is 4.39 Å². The molecule has 156 valence electrons. The average molecular weight is 439 g/mol. The summed E-state index contributed by atoms with van der Waals surface area (Å²) in [6.07, 6.45) is 0.807. The van der Waals surface area contributed by atoms with Crippen molar-refractivity contribution in [1.82, 2.24) is 9.62 Å². The van der Waals surface area contributed by atoms with Crippen molar-refractivity contribution in [3.05, 3.63) is 64.4 Å². The van der Waals surface area contributed by atoms with Crippen LogP contribution in [0.2, 0.25) is 5.02 Å². The molecule has 8 heteroatoms. The number of nitrogens with one attached hydrogen (secondary N) is 1. The van der Waals surface area contributed by atoms with Crippen molar-refractivity contribution in [2.45, 2.75) is 38.1 Å². The molecule has 0 spiro atoms. The Morgan fingerprint density at radius 2 is 1.86 bits per heavy atom. The Hall–Kier alpha value is -1.96. The first-order valence-electron chi connectivity index (χ1n) is 9.41. The van der Waals surface area contributed by atoms with Gasteiger partial charge in [0.1, 0.15) is 5.82 Å². The second-order valence-corrected chi connectivity index (χ2v) is 9.99. The Morgan fingerprint density at radius 1 is 1.21 bits per heavy atom. The summed E-state index contributed by atoms with van der Waals surface area (Å²) in [6.45, 7) is 4.72. The lowest BCUT2D eigenvalue weighted by Gasteiger charge is -2.37. The van der Waals surface area contributed by atoms with E-state index in [1.54, 1.807) is 0 Å². The van der Waals surface area contributed by atoms with Gasteiger partial charge in [-0.3, -0.25) is 4.79 Å². The van der Waals surface area contributed by atoms with E-state index < -0.39 is 21.3 Å². The Balaban J connectivity index is 1.64. The number of hydrogen-bond donors (Lipinski definition) is 1. The highest BCUT2D eigenvalue weighted by molar-refractivity contribution is 7.89. The first-order valence-corrected chi connectivity index (χ1v) is 11.2. The van der Waals surface area contributed by atoms with Crippen molar-refractivity contribution in [2.24, 2.45) is 5.41 Å². The molecule has 2 aromatic carbocycles. The molecule has 1 saturated heterocycles. The number of carbonyl (C=O) groups is 1. The maximum atomic E-state index is 13.4. The highest BCUT2D eigenvalue weighted by atomic mass is 35.5. The minimum absolute atomic E-state index is 0.0449. The van der Waals surface area contributed by atoms with Crippen molar-refractivity contribution in [3.8, 4) is 0 Å². The number of amides is 1. The van der Waals surface area contributed by atoms with Crippen LogP contribution in [-0.4, -0.2) is 31.7 Å². The molecule has 1 N–H and O–H groups in total. The van der Waals surface area contributed by atoms with Crippen LogP contribution in [0.15, 0.2) is 47.4 Å². The molecule has 0 atom stereocenters. The molecule has 0 radical (unpaired) electrons. The molecular formula is C21H24ClFN2O3S. The molecule has 0 saturated carbocycles. The fourth-order valence-electron chi connectivity index (χ4n) is 3.43. The van der Waals surface area contributed by atoms with Crippen molar-refractivity contribution < 1.29 is 17.6 Å². The maximum Gasteiger partial charge on any atom is 0.243 e. The first kappa shape index (κ1) is 21.7. The quantitative estimate of drug-likeness (QED) is 0.770. The lowest BCUT2D eigenvalue weighted by atomic mass is 9.80. The van der Waals surface area contributed by atoms with Gasteiger partial charge >= 0.3 is 0 Å². The standard InChI is InChI=1S/C21H24ClFN2O3S/c1-15-5-3-4-6-16(15)14-24-20(26)21(2)9-11-25(12-10-21)29(27,28)17-7-8-19(23)18(22)13-17/h3-8,13H,9-12,14H2,1-2H3,(H,24,26). The van der Waals surface area contributed by atoms with Gasteiger partial charge in [-0.05, 0) is 49.1 Å². The van der Waals surface area contributed by atoms with E-state index in [2.05, 4.69) is 5.32 Å². The van der Waals surface area contributed by atoms with Crippen LogP contribution in [0.25, 0.3) is 0 Å². The largest absolute Gasteiger partial charge is 0.352 e. The molecule has 5 nitrogen and oxygen atoms in total. The van der Waals surface area contributed by atoms with Gasteiger partial charge in [0.2, 0.25) is 15.9 Å². The molecule has 29 heavy (non-hydrogen) atoms. The molecule has 1 amide bonds. The van der Waals surface area contributed by atoms with Gasteiger partial charge in [-0.25, -0.2) is 12.8 Å². The van der Waals surface area contributed by atoms with Crippen LogP contribution in [0.5, 0.6) is 0 Å². The summed E-state index contributed by atoms with van der Waals surface area (Å²) in [7, 11) is -3.79. The third-order valence-corrected chi connectivity index (χ3v) is 7.79. The molecule has 0 unspecified atom stereocenters. The third kappa shape index (κ3) is 4.63. The molecule has 2 aromatic rings. The smallest absolute Gasteiger partial charge is 0.243 e. The van der Waals surface area contributed by atoms with Gasteiger partial charge in [0.25, 0.3) is 0 Å². The molecule has 0 bridgehead atoms. The van der Waals surface area contributed by atoms with E-state index in [4.69, 9.17) is 11.6 Å². The van der Waals surface area contributed by atoms with Crippen LogP contribution in [0.3, 0.4) is 0 Å². The summed E-state index contributed by atoms with van der Waals surface area (Å²) in [6, 6.07) is 11.2. The zero-order valence-corrected chi connectivity index (χ0v) is 18.0. The fourth-order valence-corrected chi connectivity index (χ4v) is 5.14. The van der Waals surface area contributed by atoms with Crippen molar-refractivity contribution in [3.63, 3.8) is 0 Å². The zero-order chi connectivity index (χ0) is 21.2. The number of piperidine rings is 1. The minimum Gasteiger partial charge on any atom is -0.352 e. The third-order valence-electron chi connectivity index (χ3n) is 5.60. The van der Waals surface area contributed by atoms with Gasteiger partial charge < -0.3 is 5.32 Å². The molecular weight excluding hydrogens is 415 g/mol. The van der Waals surface area contributed by atoms with E-state index >= 15 is 0 Å². The van der Waals surface area contributed by atoms with Gasteiger partial charge in [-0.15, -0.1) is 0 Å². The van der Waals surface area contributed by atoms with Crippen molar-refractivity contribution >= 4 is 27.5 Å². The van der Waals surface area contributed by atoms with Gasteiger partial charge in [-0.2, -0.15) is 4.31 Å². The number of hydrogen-bond acceptors (Lipinski definition) is 3. The Kier molecular flexibility index (Phi) is 6.31. The predicted molar refractivity (Wildman–Crippen MR) is 111 cm³/mol. The monoisotopic (exact) mass is 438 g/mol. The predicted octanol–water partition coefficient (Wildman–Crippen LogP) is 3.89. The van der Waals surface area contributed by atoms with Crippen LogP contribution in [0, 0.1) is 18.2 Å². The van der Waals surface area contributed by atoms with E-state index in [1.165, 1.54) is 10.4 Å². The van der Waals surface area contributed by atoms with E-state index in [-0.39, 0.29) is 28.9 Å². The normalized spacial score (nSPS) is 17.1. The topological polar surface area (TPSA) is 66.5 Å². The van der Waals surface area contributed by atoms with Crippen LogP contribution in [0.1, 0.15) is 30.9 Å². The summed E-state index contributed by atoms with van der Waals surface area (Å²) in [4.78, 5) is 12.7. The van der Waals surface area contributed by atoms with E-state index in [0.717, 1.165) is 23.3 Å². The van der Waals surface area contributed by atoms with Gasteiger partial charge in [0.15, 0.2) is 0 Å². The highest BCUT2D eigenvalue weighted by Crippen LogP contribution is 2.34.